The van der Waals surface area contributed by atoms with Gasteiger partial charge in [-0.05, 0) is 48.7 Å². The van der Waals surface area contributed by atoms with Crippen LogP contribution in [0, 0.1) is 0 Å². The van der Waals surface area contributed by atoms with Crippen molar-refractivity contribution in [3.63, 3.8) is 0 Å². The predicted octanol–water partition coefficient (Wildman–Crippen LogP) is 3.31. The van der Waals surface area contributed by atoms with E-state index in [-0.39, 0.29) is 12.4 Å². The molecule has 0 saturated carbocycles. The summed E-state index contributed by atoms with van der Waals surface area (Å²) in [6, 6.07) is 16.0. The van der Waals surface area contributed by atoms with E-state index in [1.807, 2.05) is 31.2 Å². The number of rotatable bonds is 7. The Labute approximate surface area is 155 Å². The van der Waals surface area contributed by atoms with Crippen LogP contribution in [-0.2, 0) is 13.0 Å². The number of benzene rings is 2. The topological polar surface area (TPSA) is 41.9 Å². The van der Waals surface area contributed by atoms with Crippen molar-refractivity contribution in [3.8, 4) is 11.5 Å². The molecule has 25 heavy (non-hydrogen) atoms. The van der Waals surface area contributed by atoms with Gasteiger partial charge in [0.05, 0.1) is 6.61 Å². The van der Waals surface area contributed by atoms with E-state index in [9.17, 15) is 5.11 Å². The summed E-state index contributed by atoms with van der Waals surface area (Å²) >= 11 is 0. The van der Waals surface area contributed by atoms with Crippen LogP contribution in [0.2, 0.25) is 0 Å². The number of hydrogen-bond donors (Lipinski definition) is 1. The van der Waals surface area contributed by atoms with Crippen molar-refractivity contribution >= 4 is 12.4 Å². The lowest BCUT2D eigenvalue weighted by atomic mass is 10.00. The van der Waals surface area contributed by atoms with Gasteiger partial charge in [-0.15, -0.1) is 12.4 Å². The maximum atomic E-state index is 10.3. The molecule has 0 amide bonds. The third kappa shape index (κ3) is 5.63. The Morgan fingerprint density at radius 1 is 1.00 bits per heavy atom. The van der Waals surface area contributed by atoms with Crippen LogP contribution in [0.5, 0.6) is 11.5 Å². The van der Waals surface area contributed by atoms with Crippen molar-refractivity contribution in [2.24, 2.45) is 0 Å². The summed E-state index contributed by atoms with van der Waals surface area (Å²) in [6.45, 7) is 5.42. The summed E-state index contributed by atoms with van der Waals surface area (Å²) in [5.74, 6) is 1.58. The van der Waals surface area contributed by atoms with Crippen LogP contribution in [0.15, 0.2) is 48.5 Å². The Hall–Kier alpha value is -1.75. The summed E-state index contributed by atoms with van der Waals surface area (Å²) in [4.78, 5) is 2.29. The molecular formula is C20H26ClNO3. The molecule has 0 bridgehead atoms. The van der Waals surface area contributed by atoms with Gasteiger partial charge in [0.25, 0.3) is 0 Å². The minimum atomic E-state index is -0.498. The first-order valence-electron chi connectivity index (χ1n) is 8.57. The lowest BCUT2D eigenvalue weighted by Gasteiger charge is -2.30. The van der Waals surface area contributed by atoms with Crippen LogP contribution in [-0.4, -0.2) is 42.4 Å². The monoisotopic (exact) mass is 363 g/mol. The zero-order valence-electron chi connectivity index (χ0n) is 14.6. The Balaban J connectivity index is 0.00000225. The van der Waals surface area contributed by atoms with Crippen molar-refractivity contribution in [2.45, 2.75) is 26.0 Å². The number of halogens is 1. The number of aliphatic hydroxyl groups is 1. The van der Waals surface area contributed by atoms with Crippen LogP contribution in [0.1, 0.15) is 18.1 Å². The zero-order valence-corrected chi connectivity index (χ0v) is 15.4. The molecule has 1 aliphatic rings. The molecule has 4 nitrogen and oxygen atoms in total. The van der Waals surface area contributed by atoms with Crippen LogP contribution in [0.25, 0.3) is 0 Å². The molecule has 1 atom stereocenters. The molecule has 1 aliphatic heterocycles. The highest BCUT2D eigenvalue weighted by Gasteiger charge is 2.18. The van der Waals surface area contributed by atoms with Crippen molar-refractivity contribution in [3.05, 3.63) is 59.7 Å². The van der Waals surface area contributed by atoms with Gasteiger partial charge >= 0.3 is 0 Å². The van der Waals surface area contributed by atoms with Gasteiger partial charge in [-0.2, -0.15) is 0 Å². The normalized spacial score (nSPS) is 15.0. The summed E-state index contributed by atoms with van der Waals surface area (Å²) in [6.07, 6.45) is 0.546. The van der Waals surface area contributed by atoms with E-state index in [4.69, 9.17) is 9.47 Å². The van der Waals surface area contributed by atoms with Crippen LogP contribution >= 0.6 is 12.4 Å². The highest BCUT2D eigenvalue weighted by atomic mass is 35.5. The van der Waals surface area contributed by atoms with Gasteiger partial charge in [0.2, 0.25) is 0 Å². The van der Waals surface area contributed by atoms with Crippen LogP contribution in [0.4, 0.5) is 0 Å². The van der Waals surface area contributed by atoms with Crippen LogP contribution < -0.4 is 9.47 Å². The molecule has 0 aromatic heterocycles. The van der Waals surface area contributed by atoms with Crippen LogP contribution in [0.3, 0.4) is 0 Å². The van der Waals surface area contributed by atoms with Gasteiger partial charge in [-0.25, -0.2) is 0 Å². The minimum Gasteiger partial charge on any atom is -0.494 e. The Morgan fingerprint density at radius 2 is 1.64 bits per heavy atom. The van der Waals surface area contributed by atoms with Crippen molar-refractivity contribution < 1.29 is 14.6 Å². The van der Waals surface area contributed by atoms with E-state index in [1.165, 1.54) is 11.1 Å². The first kappa shape index (κ1) is 19.6. The summed E-state index contributed by atoms with van der Waals surface area (Å²) in [5.41, 5.74) is 2.79. The number of aliphatic hydroxyl groups excluding tert-OH is 1. The van der Waals surface area contributed by atoms with E-state index in [2.05, 4.69) is 29.2 Å². The van der Waals surface area contributed by atoms with E-state index in [1.54, 1.807) is 0 Å². The van der Waals surface area contributed by atoms with Gasteiger partial charge in [-0.1, -0.05) is 24.3 Å². The highest BCUT2D eigenvalue weighted by Crippen LogP contribution is 2.20. The lowest BCUT2D eigenvalue weighted by Crippen LogP contribution is -2.38. The molecule has 1 unspecified atom stereocenters. The molecule has 136 valence electrons. The molecule has 3 rings (SSSR count). The third-order valence-corrected chi connectivity index (χ3v) is 4.26. The molecule has 0 fully saturated rings. The second-order valence-corrected chi connectivity index (χ2v) is 6.12. The SMILES string of the molecule is CCOc1ccc(OCC(O)CN2CCc3ccccc3C2)cc1.Cl. The predicted molar refractivity (Wildman–Crippen MR) is 102 cm³/mol. The fourth-order valence-corrected chi connectivity index (χ4v) is 3.05. The Bertz CT molecular complexity index is 648. The molecule has 0 radical (unpaired) electrons. The summed E-state index contributed by atoms with van der Waals surface area (Å²) in [7, 11) is 0. The minimum absolute atomic E-state index is 0. The summed E-state index contributed by atoms with van der Waals surface area (Å²) in [5, 5.41) is 10.3. The first-order valence-corrected chi connectivity index (χ1v) is 8.57. The molecule has 0 spiro atoms. The number of hydrogen-bond acceptors (Lipinski definition) is 4. The number of β-amino-alcohol motifs (C(OH)–C–C–N with tert-alkyl or cyclic N) is 1. The zero-order chi connectivity index (χ0) is 16.8. The van der Waals surface area contributed by atoms with E-state index >= 15 is 0 Å². The molecule has 2 aromatic carbocycles. The largest absolute Gasteiger partial charge is 0.494 e. The molecule has 2 aromatic rings. The van der Waals surface area contributed by atoms with Gasteiger partial charge in [0.15, 0.2) is 0 Å². The molecule has 0 saturated heterocycles. The maximum Gasteiger partial charge on any atom is 0.119 e. The van der Waals surface area contributed by atoms with Gasteiger partial charge in [0.1, 0.15) is 24.2 Å². The molecule has 5 heteroatoms. The fraction of sp³-hybridized carbons (Fsp3) is 0.400. The number of fused-ring (bicyclic) bond motifs is 1. The third-order valence-electron chi connectivity index (χ3n) is 4.26. The lowest BCUT2D eigenvalue weighted by molar-refractivity contribution is 0.0637. The van der Waals surface area contributed by atoms with Crippen molar-refractivity contribution in [2.75, 3.05) is 26.3 Å². The van der Waals surface area contributed by atoms with Gasteiger partial charge < -0.3 is 14.6 Å². The molecule has 1 N–H and O–H groups in total. The second kappa shape index (κ2) is 9.66. The molecular weight excluding hydrogens is 338 g/mol. The number of ether oxygens (including phenoxy) is 2. The Morgan fingerprint density at radius 3 is 2.32 bits per heavy atom. The van der Waals surface area contributed by atoms with Gasteiger partial charge in [0, 0.05) is 19.6 Å². The molecule has 0 aliphatic carbocycles. The average molecular weight is 364 g/mol. The smallest absolute Gasteiger partial charge is 0.119 e. The highest BCUT2D eigenvalue weighted by molar-refractivity contribution is 5.85. The van der Waals surface area contributed by atoms with E-state index < -0.39 is 6.10 Å². The fourth-order valence-electron chi connectivity index (χ4n) is 3.05. The van der Waals surface area contributed by atoms with E-state index in [0.717, 1.165) is 31.0 Å². The van der Waals surface area contributed by atoms with Crippen molar-refractivity contribution in [1.82, 2.24) is 4.90 Å². The molecule has 1 heterocycles. The number of nitrogens with zero attached hydrogens (tertiary/aromatic N) is 1. The standard InChI is InChI=1S/C20H25NO3.ClH/c1-2-23-19-7-9-20(10-8-19)24-15-18(22)14-21-12-11-16-5-3-4-6-17(16)13-21;/h3-10,18,22H,2,11-15H2,1H3;1H. The quantitative estimate of drug-likeness (QED) is 0.819. The summed E-state index contributed by atoms with van der Waals surface area (Å²) < 4.78 is 11.1. The van der Waals surface area contributed by atoms with Gasteiger partial charge in [-0.3, -0.25) is 4.90 Å². The first-order chi connectivity index (χ1) is 11.7. The van der Waals surface area contributed by atoms with Crippen molar-refractivity contribution in [1.29, 1.82) is 0 Å². The van der Waals surface area contributed by atoms with E-state index in [0.29, 0.717) is 19.8 Å². The average Bonchev–Trinajstić information content (AvgIpc) is 2.61. The maximum absolute atomic E-state index is 10.3. The second-order valence-electron chi connectivity index (χ2n) is 6.12. The Kier molecular flexibility index (Phi) is 7.56.